The fourth-order valence-corrected chi connectivity index (χ4v) is 2.04. The molecule has 112 valence electrons. The van der Waals surface area contributed by atoms with Gasteiger partial charge in [-0.2, -0.15) is 0 Å². The molecule has 0 fully saturated rings. The van der Waals surface area contributed by atoms with Gasteiger partial charge in [0.05, 0.1) is 36.3 Å². The second kappa shape index (κ2) is 6.05. The van der Waals surface area contributed by atoms with Crippen molar-refractivity contribution in [2.24, 2.45) is 0 Å². The van der Waals surface area contributed by atoms with Crippen LogP contribution in [0.3, 0.4) is 0 Å². The van der Waals surface area contributed by atoms with Gasteiger partial charge in [0.2, 0.25) is 0 Å². The molecule has 0 bridgehead atoms. The van der Waals surface area contributed by atoms with Gasteiger partial charge < -0.3 is 20.5 Å². The van der Waals surface area contributed by atoms with E-state index in [9.17, 15) is 8.78 Å². The third kappa shape index (κ3) is 3.11. The predicted octanol–water partition coefficient (Wildman–Crippen LogP) is 3.96. The normalized spacial score (nSPS) is 10.3. The van der Waals surface area contributed by atoms with Gasteiger partial charge in [-0.1, -0.05) is 11.6 Å². The quantitative estimate of drug-likeness (QED) is 0.839. The molecule has 0 aliphatic carbocycles. The minimum absolute atomic E-state index is 0.0722. The maximum atomic E-state index is 13.8. The Balaban J connectivity index is 2.45. The summed E-state index contributed by atoms with van der Waals surface area (Å²) in [6.07, 6.45) is 0. The molecule has 0 spiro atoms. The topological polar surface area (TPSA) is 56.5 Å². The molecule has 2 aromatic carbocycles. The van der Waals surface area contributed by atoms with Crippen LogP contribution in [0.15, 0.2) is 24.3 Å². The zero-order valence-electron chi connectivity index (χ0n) is 11.3. The number of nitrogens with two attached hydrogens (primary N) is 1. The molecule has 0 heterocycles. The largest absolute Gasteiger partial charge is 0.493 e. The SMILES string of the molecule is COc1cc(N)c(Nc2c(F)cc(F)cc2Cl)cc1OC. The molecule has 4 nitrogen and oxygen atoms in total. The lowest BCUT2D eigenvalue weighted by Crippen LogP contribution is -2.01. The van der Waals surface area contributed by atoms with Gasteiger partial charge in [0, 0.05) is 18.2 Å². The second-order valence-corrected chi connectivity index (χ2v) is 4.57. The molecule has 0 saturated carbocycles. The Bertz CT molecular complexity index is 657. The third-order valence-corrected chi connectivity index (χ3v) is 3.12. The minimum atomic E-state index is -0.825. The number of ether oxygens (including phenoxy) is 2. The molecule has 0 atom stereocenters. The third-order valence-electron chi connectivity index (χ3n) is 2.82. The molecule has 0 amide bonds. The molecule has 0 aromatic heterocycles. The van der Waals surface area contributed by atoms with Crippen molar-refractivity contribution in [1.29, 1.82) is 0 Å². The van der Waals surface area contributed by atoms with Gasteiger partial charge in [-0.05, 0) is 6.07 Å². The van der Waals surface area contributed by atoms with E-state index < -0.39 is 11.6 Å². The maximum Gasteiger partial charge on any atom is 0.162 e. The summed E-state index contributed by atoms with van der Waals surface area (Å²) >= 11 is 5.83. The summed E-state index contributed by atoms with van der Waals surface area (Å²) in [4.78, 5) is 0. The fraction of sp³-hybridized carbons (Fsp3) is 0.143. The highest BCUT2D eigenvalue weighted by molar-refractivity contribution is 6.33. The van der Waals surface area contributed by atoms with E-state index in [1.807, 2.05) is 0 Å². The number of hydrogen-bond donors (Lipinski definition) is 2. The molecule has 0 saturated heterocycles. The molecule has 2 aromatic rings. The fourth-order valence-electron chi connectivity index (χ4n) is 1.80. The van der Waals surface area contributed by atoms with Crippen LogP contribution in [0.2, 0.25) is 5.02 Å². The predicted molar refractivity (Wildman–Crippen MR) is 78.6 cm³/mol. The lowest BCUT2D eigenvalue weighted by atomic mass is 10.2. The van der Waals surface area contributed by atoms with Crippen molar-refractivity contribution in [3.8, 4) is 11.5 Å². The average molecular weight is 315 g/mol. The van der Waals surface area contributed by atoms with Crippen molar-refractivity contribution >= 4 is 28.7 Å². The highest BCUT2D eigenvalue weighted by Crippen LogP contribution is 2.38. The number of methoxy groups -OCH3 is 2. The van der Waals surface area contributed by atoms with Gasteiger partial charge in [0.25, 0.3) is 0 Å². The Morgan fingerprint density at radius 1 is 1.05 bits per heavy atom. The van der Waals surface area contributed by atoms with Crippen LogP contribution >= 0.6 is 11.6 Å². The van der Waals surface area contributed by atoms with E-state index in [0.29, 0.717) is 22.9 Å². The molecular formula is C14H13ClF2N2O2. The van der Waals surface area contributed by atoms with Gasteiger partial charge in [-0.15, -0.1) is 0 Å². The van der Waals surface area contributed by atoms with E-state index in [2.05, 4.69) is 5.32 Å². The smallest absolute Gasteiger partial charge is 0.162 e. The first kappa shape index (κ1) is 15.2. The molecule has 0 radical (unpaired) electrons. The monoisotopic (exact) mass is 314 g/mol. The summed E-state index contributed by atoms with van der Waals surface area (Å²) in [6.45, 7) is 0. The van der Waals surface area contributed by atoms with Crippen LogP contribution in [-0.4, -0.2) is 14.2 Å². The zero-order chi connectivity index (χ0) is 15.6. The molecule has 7 heteroatoms. The van der Waals surface area contributed by atoms with Crippen LogP contribution < -0.4 is 20.5 Å². The van der Waals surface area contributed by atoms with Gasteiger partial charge >= 0.3 is 0 Å². The number of anilines is 3. The number of hydrogen-bond acceptors (Lipinski definition) is 4. The standard InChI is InChI=1S/C14H13ClF2N2O2/c1-20-12-5-10(18)11(6-13(12)21-2)19-14-8(15)3-7(16)4-9(14)17/h3-6,19H,18H2,1-2H3. The Morgan fingerprint density at radius 2 is 1.67 bits per heavy atom. The van der Waals surface area contributed by atoms with Gasteiger partial charge in [-0.3, -0.25) is 0 Å². The van der Waals surface area contributed by atoms with Crippen molar-refractivity contribution in [3.05, 3.63) is 40.9 Å². The van der Waals surface area contributed by atoms with Crippen LogP contribution in [0.1, 0.15) is 0 Å². The zero-order valence-corrected chi connectivity index (χ0v) is 12.1. The lowest BCUT2D eigenvalue weighted by molar-refractivity contribution is 0.355. The van der Waals surface area contributed by atoms with Crippen molar-refractivity contribution < 1.29 is 18.3 Å². The first-order chi connectivity index (χ1) is 9.96. The Hall–Kier alpha value is -2.21. The number of benzene rings is 2. The molecule has 0 aliphatic rings. The van der Waals surface area contributed by atoms with Gasteiger partial charge in [-0.25, -0.2) is 8.78 Å². The second-order valence-electron chi connectivity index (χ2n) is 4.16. The van der Waals surface area contributed by atoms with Crippen molar-refractivity contribution in [3.63, 3.8) is 0 Å². The van der Waals surface area contributed by atoms with Crippen LogP contribution in [0, 0.1) is 11.6 Å². The Labute approximate surface area is 125 Å². The molecule has 21 heavy (non-hydrogen) atoms. The van der Waals surface area contributed by atoms with E-state index >= 15 is 0 Å². The first-order valence-corrected chi connectivity index (χ1v) is 6.27. The highest BCUT2D eigenvalue weighted by atomic mass is 35.5. The number of nitrogens with one attached hydrogen (secondary N) is 1. The molecule has 0 aliphatic heterocycles. The highest BCUT2D eigenvalue weighted by Gasteiger charge is 2.14. The Morgan fingerprint density at radius 3 is 2.24 bits per heavy atom. The Kier molecular flexibility index (Phi) is 4.37. The number of nitrogen functional groups attached to an aromatic ring is 1. The van der Waals surface area contributed by atoms with E-state index in [-0.39, 0.29) is 10.7 Å². The van der Waals surface area contributed by atoms with Crippen LogP contribution in [0.25, 0.3) is 0 Å². The van der Waals surface area contributed by atoms with Gasteiger partial charge in [0.1, 0.15) is 5.82 Å². The van der Waals surface area contributed by atoms with Crippen molar-refractivity contribution in [2.45, 2.75) is 0 Å². The summed E-state index contributed by atoms with van der Waals surface area (Å²) in [5.74, 6) is -0.739. The number of halogens is 3. The molecule has 0 unspecified atom stereocenters. The summed E-state index contributed by atoms with van der Waals surface area (Å²) in [6, 6.07) is 4.79. The summed E-state index contributed by atoms with van der Waals surface area (Å²) in [5, 5.41) is 2.63. The van der Waals surface area contributed by atoms with Crippen molar-refractivity contribution in [1.82, 2.24) is 0 Å². The average Bonchev–Trinajstić information content (AvgIpc) is 2.43. The number of rotatable bonds is 4. The van der Waals surface area contributed by atoms with E-state index in [4.69, 9.17) is 26.8 Å². The maximum absolute atomic E-state index is 13.8. The van der Waals surface area contributed by atoms with Gasteiger partial charge in [0.15, 0.2) is 17.3 Å². The summed E-state index contributed by atoms with van der Waals surface area (Å²) in [7, 11) is 2.93. The molecular weight excluding hydrogens is 302 g/mol. The minimum Gasteiger partial charge on any atom is -0.493 e. The van der Waals surface area contributed by atoms with Crippen LogP contribution in [-0.2, 0) is 0 Å². The van der Waals surface area contributed by atoms with Crippen molar-refractivity contribution in [2.75, 3.05) is 25.3 Å². The molecule has 3 N–H and O–H groups in total. The van der Waals surface area contributed by atoms with Crippen LogP contribution in [0.5, 0.6) is 11.5 Å². The van der Waals surface area contributed by atoms with E-state index in [0.717, 1.165) is 12.1 Å². The van der Waals surface area contributed by atoms with E-state index in [1.165, 1.54) is 26.4 Å². The summed E-state index contributed by atoms with van der Waals surface area (Å²) < 4.78 is 37.0. The molecule has 2 rings (SSSR count). The van der Waals surface area contributed by atoms with Crippen LogP contribution in [0.4, 0.5) is 25.8 Å². The van der Waals surface area contributed by atoms with E-state index in [1.54, 1.807) is 0 Å². The first-order valence-electron chi connectivity index (χ1n) is 5.89. The lowest BCUT2D eigenvalue weighted by Gasteiger charge is -2.15. The summed E-state index contributed by atoms with van der Waals surface area (Å²) in [5.41, 5.74) is 6.45.